The molecule has 4 aromatic rings. The zero-order valence-electron chi connectivity index (χ0n) is 19.7. The highest BCUT2D eigenvalue weighted by Crippen LogP contribution is 2.36. The van der Waals surface area contributed by atoms with Crippen LogP contribution in [0.5, 0.6) is 0 Å². The number of imidazole rings is 2. The molecule has 2 aromatic heterocycles. The van der Waals surface area contributed by atoms with Crippen molar-refractivity contribution in [2.75, 3.05) is 13.1 Å². The van der Waals surface area contributed by atoms with E-state index in [1.54, 1.807) is 0 Å². The molecule has 7 rings (SSSR count). The van der Waals surface area contributed by atoms with Gasteiger partial charge in [-0.3, -0.25) is 0 Å². The fourth-order valence-corrected chi connectivity index (χ4v) is 5.71. The third-order valence-electron chi connectivity index (χ3n) is 7.61. The lowest BCUT2D eigenvalue weighted by Crippen LogP contribution is -2.14. The van der Waals surface area contributed by atoms with Crippen molar-refractivity contribution in [2.24, 2.45) is 0 Å². The van der Waals surface area contributed by atoms with Crippen molar-refractivity contribution in [1.29, 1.82) is 0 Å². The number of nitrogens with one attached hydrogen (secondary N) is 4. The first kappa shape index (κ1) is 21.1. The zero-order chi connectivity index (χ0) is 23.2. The summed E-state index contributed by atoms with van der Waals surface area (Å²) in [6.07, 6.45) is 8.60. The van der Waals surface area contributed by atoms with Crippen molar-refractivity contribution < 1.29 is 4.74 Å². The zero-order valence-corrected chi connectivity index (χ0v) is 19.7. The van der Waals surface area contributed by atoms with Crippen LogP contribution in [0, 0.1) is 0 Å². The van der Waals surface area contributed by atoms with E-state index >= 15 is 0 Å². The molecule has 0 amide bonds. The van der Waals surface area contributed by atoms with E-state index in [0.717, 1.165) is 60.1 Å². The molecule has 4 N–H and O–H groups in total. The Kier molecular flexibility index (Phi) is 5.26. The summed E-state index contributed by atoms with van der Waals surface area (Å²) in [5.74, 6) is 2.07. The molecular formula is C28H30N6O. The molecule has 35 heavy (non-hydrogen) atoms. The maximum atomic E-state index is 6.13. The number of H-pyrrole nitrogens is 2. The van der Waals surface area contributed by atoms with E-state index in [1.165, 1.54) is 35.1 Å². The average Bonchev–Trinajstić information content (AvgIpc) is 3.69. The fourth-order valence-electron chi connectivity index (χ4n) is 5.71. The molecule has 2 unspecified atom stereocenters. The molecule has 0 spiro atoms. The van der Waals surface area contributed by atoms with Gasteiger partial charge in [0.05, 0.1) is 49.1 Å². The van der Waals surface area contributed by atoms with E-state index in [1.807, 2.05) is 12.4 Å². The summed E-state index contributed by atoms with van der Waals surface area (Å²) < 4.78 is 6.13. The van der Waals surface area contributed by atoms with Crippen LogP contribution in [0.3, 0.4) is 0 Å². The van der Waals surface area contributed by atoms with Gasteiger partial charge in [0, 0.05) is 0 Å². The maximum absolute atomic E-state index is 6.13. The lowest BCUT2D eigenvalue weighted by atomic mass is 9.93. The second kappa shape index (κ2) is 8.75. The maximum Gasteiger partial charge on any atom is 0.123 e. The van der Waals surface area contributed by atoms with Gasteiger partial charge in [-0.05, 0) is 84.3 Å². The van der Waals surface area contributed by atoms with Gasteiger partial charge in [-0.2, -0.15) is 0 Å². The summed E-state index contributed by atoms with van der Waals surface area (Å²) >= 11 is 0. The van der Waals surface area contributed by atoms with Crippen molar-refractivity contribution >= 4 is 0 Å². The summed E-state index contributed by atoms with van der Waals surface area (Å²) in [5.41, 5.74) is 9.31. The lowest BCUT2D eigenvalue weighted by Gasteiger charge is -2.11. The quantitative estimate of drug-likeness (QED) is 0.339. The molecule has 0 aliphatic carbocycles. The molecular weight excluding hydrogens is 436 g/mol. The molecule has 2 aromatic carbocycles. The smallest absolute Gasteiger partial charge is 0.123 e. The molecule has 7 heteroatoms. The van der Waals surface area contributed by atoms with E-state index in [0.29, 0.717) is 25.3 Å². The van der Waals surface area contributed by atoms with Gasteiger partial charge in [0.1, 0.15) is 11.6 Å². The van der Waals surface area contributed by atoms with E-state index < -0.39 is 0 Å². The Labute approximate surface area is 204 Å². The van der Waals surface area contributed by atoms with Gasteiger partial charge >= 0.3 is 0 Å². The Morgan fingerprint density at radius 2 is 1.20 bits per heavy atom. The third-order valence-corrected chi connectivity index (χ3v) is 7.61. The van der Waals surface area contributed by atoms with Crippen LogP contribution < -0.4 is 10.6 Å². The molecule has 0 bridgehead atoms. The van der Waals surface area contributed by atoms with Crippen molar-refractivity contribution in [3.63, 3.8) is 0 Å². The minimum absolute atomic E-state index is 0.342. The average molecular weight is 467 g/mol. The molecule has 7 nitrogen and oxygen atoms in total. The van der Waals surface area contributed by atoms with Gasteiger partial charge in [-0.1, -0.05) is 24.3 Å². The number of fused-ring (bicyclic) bond motifs is 3. The first-order valence-corrected chi connectivity index (χ1v) is 12.7. The van der Waals surface area contributed by atoms with Crippen molar-refractivity contribution in [3.05, 3.63) is 71.6 Å². The van der Waals surface area contributed by atoms with E-state index in [9.17, 15) is 0 Å². The highest BCUT2D eigenvalue weighted by atomic mass is 16.5. The van der Waals surface area contributed by atoms with Gasteiger partial charge < -0.3 is 25.3 Å². The van der Waals surface area contributed by atoms with Crippen molar-refractivity contribution in [3.8, 4) is 33.6 Å². The van der Waals surface area contributed by atoms with E-state index in [4.69, 9.17) is 4.74 Å². The predicted molar refractivity (Wildman–Crippen MR) is 135 cm³/mol. The summed E-state index contributed by atoms with van der Waals surface area (Å²) in [6.45, 7) is 3.33. The summed E-state index contributed by atoms with van der Waals surface area (Å²) in [5, 5.41) is 7.03. The molecule has 5 heterocycles. The Morgan fingerprint density at radius 1 is 0.686 bits per heavy atom. The highest BCUT2D eigenvalue weighted by molar-refractivity contribution is 5.77. The van der Waals surface area contributed by atoms with E-state index in [-0.39, 0.29) is 0 Å². The number of nitrogens with zero attached hydrogens (tertiary/aromatic N) is 2. The van der Waals surface area contributed by atoms with Crippen LogP contribution in [-0.4, -0.2) is 33.0 Å². The molecule has 0 saturated carbocycles. The second-order valence-corrected chi connectivity index (χ2v) is 9.90. The van der Waals surface area contributed by atoms with Gasteiger partial charge in [0.2, 0.25) is 0 Å². The Morgan fingerprint density at radius 3 is 1.66 bits per heavy atom. The minimum atomic E-state index is 0.342. The number of hydrogen-bond acceptors (Lipinski definition) is 5. The first-order chi connectivity index (χ1) is 17.3. The number of hydrogen-bond donors (Lipinski definition) is 4. The molecule has 2 fully saturated rings. The van der Waals surface area contributed by atoms with Crippen LogP contribution in [0.4, 0.5) is 0 Å². The Bertz CT molecular complexity index is 1260. The summed E-state index contributed by atoms with van der Waals surface area (Å²) in [6, 6.07) is 14.0. The Balaban J connectivity index is 1.18. The van der Waals surface area contributed by atoms with Crippen molar-refractivity contribution in [1.82, 2.24) is 30.6 Å². The van der Waals surface area contributed by atoms with Gasteiger partial charge in [-0.15, -0.1) is 0 Å². The van der Waals surface area contributed by atoms with Gasteiger partial charge in [0.15, 0.2) is 0 Å². The van der Waals surface area contributed by atoms with Crippen LogP contribution >= 0.6 is 0 Å². The monoisotopic (exact) mass is 466 g/mol. The largest absolute Gasteiger partial charge is 0.372 e. The number of aromatic amines is 2. The number of benzene rings is 2. The van der Waals surface area contributed by atoms with Gasteiger partial charge in [-0.25, -0.2) is 9.97 Å². The van der Waals surface area contributed by atoms with Crippen LogP contribution in [0.25, 0.3) is 33.6 Å². The van der Waals surface area contributed by atoms with Crippen LogP contribution in [-0.2, 0) is 18.0 Å². The van der Waals surface area contributed by atoms with Gasteiger partial charge in [0.25, 0.3) is 0 Å². The second-order valence-electron chi connectivity index (χ2n) is 9.90. The minimum Gasteiger partial charge on any atom is -0.372 e. The highest BCUT2D eigenvalue weighted by Gasteiger charge is 2.22. The topological polar surface area (TPSA) is 90.7 Å². The SMILES string of the molecule is c1cc2c(cc1-c1cnc(C3CCCN3)[nH]1)COCc1cc(-c3cnc(C4CCCN4)[nH]3)ccc1-2. The lowest BCUT2D eigenvalue weighted by molar-refractivity contribution is 0.110. The molecule has 2 saturated heterocycles. The normalized spacial score (nSPS) is 21.6. The number of aromatic nitrogens is 4. The number of ether oxygens (including phenoxy) is 1. The summed E-state index contributed by atoms with van der Waals surface area (Å²) in [4.78, 5) is 16.4. The van der Waals surface area contributed by atoms with Crippen LogP contribution in [0.1, 0.15) is 60.5 Å². The Hall–Kier alpha value is -3.26. The van der Waals surface area contributed by atoms with Crippen LogP contribution in [0.15, 0.2) is 48.8 Å². The molecule has 0 radical (unpaired) electrons. The predicted octanol–water partition coefficient (Wildman–Crippen LogP) is 5.01. The third kappa shape index (κ3) is 3.89. The fraction of sp³-hybridized carbons (Fsp3) is 0.357. The molecule has 2 atom stereocenters. The number of rotatable bonds is 4. The van der Waals surface area contributed by atoms with Crippen molar-refractivity contribution in [2.45, 2.75) is 51.0 Å². The van der Waals surface area contributed by atoms with Crippen LogP contribution in [0.2, 0.25) is 0 Å². The molecule has 3 aliphatic heterocycles. The standard InChI is InChI=1S/C28H30N6O/c1-3-23(29-9-1)27-31-13-25(33-27)17-5-7-21-19(11-17)15-35-16-20-12-18(6-8-22(20)21)26-14-32-28(34-26)24-4-2-10-30-24/h5-8,11-14,23-24,29-30H,1-4,9-10,15-16H2,(H,31,33)(H,32,34). The summed E-state index contributed by atoms with van der Waals surface area (Å²) in [7, 11) is 0. The first-order valence-electron chi connectivity index (χ1n) is 12.7. The molecule has 3 aliphatic rings. The van der Waals surface area contributed by atoms with E-state index in [2.05, 4.69) is 67.0 Å². The molecule has 178 valence electrons.